The number of alkyl halides is 1. The lowest BCUT2D eigenvalue weighted by Gasteiger charge is -2.38. The van der Waals surface area contributed by atoms with E-state index in [0.717, 1.165) is 0 Å². The molecule has 8 heteroatoms. The van der Waals surface area contributed by atoms with Crippen molar-refractivity contribution in [2.45, 2.75) is 49.2 Å². The van der Waals surface area contributed by atoms with Crippen molar-refractivity contribution < 1.29 is 34.4 Å². The highest BCUT2D eigenvalue weighted by Crippen LogP contribution is 2.48. The molecule has 1 fully saturated rings. The molecule has 0 aromatic heterocycles. The summed E-state index contributed by atoms with van der Waals surface area (Å²) in [6, 6.07) is 19.2. The minimum Gasteiger partial charge on any atom is -0.380 e. The Morgan fingerprint density at radius 3 is 1.68 bits per heavy atom. The zero-order valence-electron chi connectivity index (χ0n) is 20.5. The van der Waals surface area contributed by atoms with Gasteiger partial charge in [0, 0.05) is 11.1 Å². The van der Waals surface area contributed by atoms with E-state index in [1.807, 2.05) is 0 Å². The Bertz CT molecular complexity index is 1390. The van der Waals surface area contributed by atoms with E-state index in [-0.39, 0.29) is 16.7 Å². The number of carbonyl (C=O) groups excluding carboxylic acids is 3. The number of hydrogen-bond acceptors (Lipinski definition) is 7. The van der Waals surface area contributed by atoms with Crippen molar-refractivity contribution in [3.8, 4) is 0 Å². The lowest BCUT2D eigenvalue weighted by Crippen LogP contribution is -2.68. The fraction of sp³-hybridized carbons (Fsp3) is 0.276. The Labute approximate surface area is 222 Å². The van der Waals surface area contributed by atoms with E-state index in [1.165, 1.54) is 18.2 Å². The van der Waals surface area contributed by atoms with Crippen molar-refractivity contribution in [3.63, 3.8) is 0 Å². The van der Waals surface area contributed by atoms with Gasteiger partial charge in [-0.3, -0.25) is 14.4 Å². The SMILES string of the molecule is Cc1ccccc1C(=O)[C@]1(O)[C@H](Br)O[C@@H](C(=O)C(O)c2ccccc2C)[C@@]1(O)C(=O)c1ccccc1C. The summed E-state index contributed by atoms with van der Waals surface area (Å²) in [7, 11) is 0. The third kappa shape index (κ3) is 4.19. The Balaban J connectivity index is 1.91. The van der Waals surface area contributed by atoms with E-state index < -0.39 is 45.8 Å². The van der Waals surface area contributed by atoms with Crippen LogP contribution in [0.5, 0.6) is 0 Å². The Hall–Kier alpha value is -3.01. The van der Waals surface area contributed by atoms with Gasteiger partial charge >= 0.3 is 0 Å². The van der Waals surface area contributed by atoms with E-state index >= 15 is 0 Å². The largest absolute Gasteiger partial charge is 0.380 e. The highest BCUT2D eigenvalue weighted by atomic mass is 79.9. The van der Waals surface area contributed by atoms with Crippen molar-refractivity contribution in [2.24, 2.45) is 0 Å². The summed E-state index contributed by atoms with van der Waals surface area (Å²) < 4.78 is 5.67. The van der Waals surface area contributed by atoms with Crippen molar-refractivity contribution in [1.29, 1.82) is 0 Å². The Morgan fingerprint density at radius 1 is 0.757 bits per heavy atom. The van der Waals surface area contributed by atoms with Crippen molar-refractivity contribution >= 4 is 33.3 Å². The monoisotopic (exact) mass is 566 g/mol. The summed E-state index contributed by atoms with van der Waals surface area (Å²) >= 11 is 3.11. The summed E-state index contributed by atoms with van der Waals surface area (Å²) in [6.45, 7) is 4.96. The van der Waals surface area contributed by atoms with Crippen LogP contribution >= 0.6 is 15.9 Å². The molecule has 1 aliphatic rings. The number of Topliss-reactive ketones (excluding diaryl/α,β-unsaturated/α-hetero) is 3. The first-order valence-electron chi connectivity index (χ1n) is 11.7. The summed E-state index contributed by atoms with van der Waals surface area (Å²) in [5.41, 5.74) is -4.17. The van der Waals surface area contributed by atoms with E-state index in [0.29, 0.717) is 16.7 Å². The molecule has 1 saturated heterocycles. The highest BCUT2D eigenvalue weighted by molar-refractivity contribution is 9.09. The van der Waals surface area contributed by atoms with Gasteiger partial charge in [-0.15, -0.1) is 0 Å². The molecule has 0 bridgehead atoms. The number of benzene rings is 3. The van der Waals surface area contributed by atoms with Crippen LogP contribution < -0.4 is 0 Å². The molecule has 3 aromatic carbocycles. The number of rotatable bonds is 7. The maximum atomic E-state index is 14.0. The van der Waals surface area contributed by atoms with Crippen LogP contribution in [-0.2, 0) is 9.53 Å². The van der Waals surface area contributed by atoms with Gasteiger partial charge < -0.3 is 20.1 Å². The van der Waals surface area contributed by atoms with Crippen LogP contribution in [0.2, 0.25) is 0 Å². The number of aryl methyl sites for hydroxylation is 3. The molecule has 4 rings (SSSR count). The number of ketones is 3. The molecule has 3 aromatic rings. The van der Waals surface area contributed by atoms with Crippen LogP contribution in [0.4, 0.5) is 0 Å². The van der Waals surface area contributed by atoms with Gasteiger partial charge in [0.2, 0.25) is 22.8 Å². The first-order valence-corrected chi connectivity index (χ1v) is 12.6. The molecule has 3 N–H and O–H groups in total. The summed E-state index contributed by atoms with van der Waals surface area (Å²) in [5.74, 6) is -3.15. The van der Waals surface area contributed by atoms with Crippen LogP contribution in [0.15, 0.2) is 72.8 Å². The van der Waals surface area contributed by atoms with Gasteiger partial charge in [-0.25, -0.2) is 0 Å². The average Bonchev–Trinajstić information content (AvgIpc) is 3.10. The molecule has 0 radical (unpaired) electrons. The first kappa shape index (κ1) is 27.0. The van der Waals surface area contributed by atoms with Crippen LogP contribution in [-0.4, -0.2) is 55.0 Å². The second kappa shape index (κ2) is 10.0. The lowest BCUT2D eigenvalue weighted by molar-refractivity contribution is -0.147. The molecule has 0 amide bonds. The molecule has 0 saturated carbocycles. The first-order chi connectivity index (χ1) is 17.5. The quantitative estimate of drug-likeness (QED) is 0.295. The van der Waals surface area contributed by atoms with Crippen LogP contribution in [0.3, 0.4) is 0 Å². The van der Waals surface area contributed by atoms with E-state index in [9.17, 15) is 29.7 Å². The number of aliphatic hydroxyl groups is 3. The molecule has 0 aliphatic carbocycles. The van der Waals surface area contributed by atoms with Gasteiger partial charge in [0.15, 0.2) is 16.9 Å². The molecule has 192 valence electrons. The summed E-state index contributed by atoms with van der Waals surface area (Å²) in [4.78, 5) is 41.5. The lowest BCUT2D eigenvalue weighted by atomic mass is 9.70. The van der Waals surface area contributed by atoms with Gasteiger partial charge in [0.1, 0.15) is 6.10 Å². The molecule has 1 heterocycles. The maximum Gasteiger partial charge on any atom is 0.203 e. The number of ether oxygens (including phenoxy) is 1. The predicted octanol–water partition coefficient (Wildman–Crippen LogP) is 3.56. The second-order valence-electron chi connectivity index (χ2n) is 9.31. The van der Waals surface area contributed by atoms with Crippen molar-refractivity contribution in [3.05, 3.63) is 106 Å². The number of carbonyl (C=O) groups is 3. The molecule has 0 spiro atoms. The molecule has 5 atom stereocenters. The summed E-state index contributed by atoms with van der Waals surface area (Å²) in [5, 5.41) is 33.4. The Kier molecular flexibility index (Phi) is 7.34. The molecule has 1 unspecified atom stereocenters. The zero-order chi connectivity index (χ0) is 27.1. The van der Waals surface area contributed by atoms with Crippen LogP contribution in [0.25, 0.3) is 0 Å². The van der Waals surface area contributed by atoms with Gasteiger partial charge in [-0.05, 0) is 43.0 Å². The number of aliphatic hydroxyl groups excluding tert-OH is 1. The minimum absolute atomic E-state index is 0.00519. The molecule has 7 nitrogen and oxygen atoms in total. The van der Waals surface area contributed by atoms with Crippen LogP contribution in [0, 0.1) is 20.8 Å². The molecular weight excluding hydrogens is 540 g/mol. The topological polar surface area (TPSA) is 121 Å². The normalized spacial score (nSPS) is 26.0. The maximum absolute atomic E-state index is 14.0. The fourth-order valence-corrected chi connectivity index (χ4v) is 5.56. The van der Waals surface area contributed by atoms with Gasteiger partial charge in [0.05, 0.1) is 0 Å². The van der Waals surface area contributed by atoms with E-state index in [4.69, 9.17) is 4.74 Å². The predicted molar refractivity (Wildman–Crippen MR) is 140 cm³/mol. The van der Waals surface area contributed by atoms with E-state index in [2.05, 4.69) is 15.9 Å². The third-order valence-corrected chi connectivity index (χ3v) is 7.91. The van der Waals surface area contributed by atoms with Gasteiger partial charge in [-0.2, -0.15) is 0 Å². The summed E-state index contributed by atoms with van der Waals surface area (Å²) in [6.07, 6.45) is -3.87. The van der Waals surface area contributed by atoms with Crippen molar-refractivity contribution in [2.75, 3.05) is 0 Å². The third-order valence-electron chi connectivity index (χ3n) is 7.03. The molecule has 1 aliphatic heterocycles. The number of hydrogen-bond donors (Lipinski definition) is 3. The molecule has 37 heavy (non-hydrogen) atoms. The van der Waals surface area contributed by atoms with Gasteiger partial charge in [0.25, 0.3) is 0 Å². The number of halogens is 1. The fourth-order valence-electron chi connectivity index (χ4n) is 4.79. The van der Waals surface area contributed by atoms with Crippen LogP contribution in [0.1, 0.15) is 49.1 Å². The van der Waals surface area contributed by atoms with E-state index in [1.54, 1.807) is 75.4 Å². The second-order valence-corrected chi connectivity index (χ2v) is 10.1. The molecular formula is C29H27BrO7. The minimum atomic E-state index is -3.08. The zero-order valence-corrected chi connectivity index (χ0v) is 22.1. The van der Waals surface area contributed by atoms with Crippen molar-refractivity contribution in [1.82, 2.24) is 0 Å². The highest BCUT2D eigenvalue weighted by Gasteiger charge is 2.74. The van der Waals surface area contributed by atoms with Gasteiger partial charge in [-0.1, -0.05) is 88.7 Å². The Morgan fingerprint density at radius 2 is 1.19 bits per heavy atom. The smallest absolute Gasteiger partial charge is 0.203 e. The standard InChI is InChI=1S/C29H27BrO7/c1-16-10-4-7-13-19(16)22(31)23(32)26-28(35,24(33)20-14-8-5-11-17(20)2)29(36,27(30)37-26)25(34)21-15-9-6-12-18(21)3/h4-15,22,26-27,31,35-36H,1-3H3/t22?,26-,27+,28-,29-/m0/s1. The average molecular weight is 567 g/mol.